The van der Waals surface area contributed by atoms with Gasteiger partial charge in [-0.3, -0.25) is 0 Å². The zero-order valence-electron chi connectivity index (χ0n) is 15.8. The summed E-state index contributed by atoms with van der Waals surface area (Å²) in [6.45, 7) is -1.73. The third-order valence-electron chi connectivity index (χ3n) is 3.64. The molecule has 0 bridgehead atoms. The third kappa shape index (κ3) is 6.20. The van der Waals surface area contributed by atoms with Crippen molar-refractivity contribution in [2.45, 2.75) is 59.5 Å². The molecule has 0 fully saturated rings. The lowest BCUT2D eigenvalue weighted by Crippen LogP contribution is -2.69. The van der Waals surface area contributed by atoms with E-state index in [4.69, 9.17) is 4.74 Å². The first-order chi connectivity index (χ1) is 13.6. The molecule has 0 aromatic heterocycles. The maximum Gasteiger partial charge on any atom is 0.460 e. The van der Waals surface area contributed by atoms with Crippen molar-refractivity contribution in [3.05, 3.63) is 0 Å². The van der Waals surface area contributed by atoms with E-state index in [2.05, 4.69) is 14.2 Å². The minimum absolute atomic E-state index is 0.543. The van der Waals surface area contributed by atoms with E-state index in [0.717, 1.165) is 0 Å². The summed E-state index contributed by atoms with van der Waals surface area (Å²) in [5.74, 6) is -27.7. The van der Waals surface area contributed by atoms with E-state index in [9.17, 15) is 52.7 Å². The molecular weight excluding hydrogens is 587 g/mol. The molecule has 0 aliphatic carbocycles. The van der Waals surface area contributed by atoms with E-state index in [-0.39, 0.29) is 0 Å². The van der Waals surface area contributed by atoms with Gasteiger partial charge >= 0.3 is 23.9 Å². The fourth-order valence-corrected chi connectivity index (χ4v) is 2.45. The smallest absolute Gasteiger partial charge is 0.379 e. The van der Waals surface area contributed by atoms with Crippen molar-refractivity contribution in [3.63, 3.8) is 0 Å². The number of rotatable bonds is 13. The minimum atomic E-state index is -7.55. The van der Waals surface area contributed by atoms with Gasteiger partial charge < -0.3 is 18.9 Å². The molecular formula is C14H17F12IO4. The largest absolute Gasteiger partial charge is 0.460 e. The Morgan fingerprint density at radius 2 is 1.19 bits per heavy atom. The summed E-state index contributed by atoms with van der Waals surface area (Å²) < 4.78 is 171. The molecule has 0 rings (SSSR count). The lowest BCUT2D eigenvalue weighted by Gasteiger charge is -2.41. The minimum Gasteiger partial charge on any atom is -0.379 e. The van der Waals surface area contributed by atoms with Crippen LogP contribution in [0.4, 0.5) is 52.7 Å². The molecule has 0 aliphatic rings. The SMILES string of the molecule is COC(OC)O[C@H](C)COCCC(F)(F)C(F)(I)C(F)(F)C(F)(F)C(F)(F)C(F)(F)F. The molecule has 31 heavy (non-hydrogen) atoms. The first-order valence-corrected chi connectivity index (χ1v) is 8.96. The molecule has 0 amide bonds. The molecule has 188 valence electrons. The highest BCUT2D eigenvalue weighted by molar-refractivity contribution is 14.1. The number of halogens is 13. The van der Waals surface area contributed by atoms with Gasteiger partial charge in [-0.25, -0.2) is 13.2 Å². The molecule has 0 radical (unpaired) electrons. The normalized spacial score (nSPS) is 17.7. The Balaban J connectivity index is 5.34. The molecule has 0 saturated carbocycles. The Labute approximate surface area is 181 Å². The van der Waals surface area contributed by atoms with Crippen LogP contribution in [0.15, 0.2) is 0 Å². The van der Waals surface area contributed by atoms with Crippen molar-refractivity contribution in [2.24, 2.45) is 0 Å². The second kappa shape index (κ2) is 10.3. The zero-order valence-corrected chi connectivity index (χ0v) is 18.0. The Bertz CT molecular complexity index is 566. The molecule has 0 N–H and O–H groups in total. The Hall–Kier alpha value is -0.270. The topological polar surface area (TPSA) is 36.9 Å². The van der Waals surface area contributed by atoms with E-state index in [1.165, 1.54) is 21.1 Å². The van der Waals surface area contributed by atoms with Crippen LogP contribution in [0.3, 0.4) is 0 Å². The number of alkyl halides is 13. The van der Waals surface area contributed by atoms with Crippen molar-refractivity contribution >= 4 is 22.6 Å². The fourth-order valence-electron chi connectivity index (χ4n) is 1.84. The molecule has 1 unspecified atom stereocenters. The second-order valence-corrected chi connectivity index (χ2v) is 7.52. The summed E-state index contributed by atoms with van der Waals surface area (Å²) in [6.07, 6.45) is -10.3. The van der Waals surface area contributed by atoms with Crippen molar-refractivity contribution in [1.29, 1.82) is 0 Å². The van der Waals surface area contributed by atoms with Crippen molar-refractivity contribution in [1.82, 2.24) is 0 Å². The number of ether oxygens (including phenoxy) is 4. The van der Waals surface area contributed by atoms with E-state index in [0.29, 0.717) is 0 Å². The molecule has 4 nitrogen and oxygen atoms in total. The van der Waals surface area contributed by atoms with Gasteiger partial charge in [-0.05, 0) is 29.5 Å². The number of hydrogen-bond acceptors (Lipinski definition) is 4. The van der Waals surface area contributed by atoms with Crippen LogP contribution >= 0.6 is 22.6 Å². The van der Waals surface area contributed by atoms with Crippen LogP contribution in [-0.2, 0) is 18.9 Å². The molecule has 2 atom stereocenters. The lowest BCUT2D eigenvalue weighted by molar-refractivity contribution is -0.411. The zero-order chi connectivity index (χ0) is 25.1. The highest BCUT2D eigenvalue weighted by atomic mass is 127. The summed E-state index contributed by atoms with van der Waals surface area (Å²) in [4.78, 5) is 0. The van der Waals surface area contributed by atoms with Gasteiger partial charge in [0.15, 0.2) is 0 Å². The maximum absolute atomic E-state index is 14.1. The molecule has 0 aromatic rings. The fraction of sp³-hybridized carbons (Fsp3) is 1.00. The van der Waals surface area contributed by atoms with Crippen LogP contribution in [0.25, 0.3) is 0 Å². The highest BCUT2D eigenvalue weighted by Crippen LogP contribution is 2.62. The number of methoxy groups -OCH3 is 2. The van der Waals surface area contributed by atoms with E-state index in [1.807, 2.05) is 0 Å². The second-order valence-electron chi connectivity index (χ2n) is 6.03. The van der Waals surface area contributed by atoms with Crippen LogP contribution < -0.4 is 0 Å². The molecule has 0 heterocycles. The van der Waals surface area contributed by atoms with Gasteiger partial charge in [0.1, 0.15) is 0 Å². The van der Waals surface area contributed by atoms with Crippen molar-refractivity contribution in [3.8, 4) is 0 Å². The van der Waals surface area contributed by atoms with Gasteiger partial charge in [-0.1, -0.05) is 0 Å². The van der Waals surface area contributed by atoms with E-state index in [1.54, 1.807) is 0 Å². The Kier molecular flexibility index (Phi) is 10.2. The van der Waals surface area contributed by atoms with Gasteiger partial charge in [0.2, 0.25) is 0 Å². The summed E-state index contributed by atoms with van der Waals surface area (Å²) in [7, 11) is 2.34. The van der Waals surface area contributed by atoms with Crippen molar-refractivity contribution in [2.75, 3.05) is 27.4 Å². The number of hydrogen-bond donors (Lipinski definition) is 0. The van der Waals surface area contributed by atoms with Crippen molar-refractivity contribution < 1.29 is 71.6 Å². The van der Waals surface area contributed by atoms with E-state index >= 15 is 0 Å². The van der Waals surface area contributed by atoms with Crippen LogP contribution in [0.5, 0.6) is 0 Å². The predicted molar refractivity (Wildman–Crippen MR) is 87.5 cm³/mol. The Morgan fingerprint density at radius 3 is 1.58 bits per heavy atom. The third-order valence-corrected chi connectivity index (χ3v) is 5.11. The molecule has 0 aromatic carbocycles. The lowest BCUT2D eigenvalue weighted by atomic mass is 9.95. The Morgan fingerprint density at radius 1 is 0.742 bits per heavy atom. The average Bonchev–Trinajstić information content (AvgIpc) is 2.61. The monoisotopic (exact) mass is 604 g/mol. The van der Waals surface area contributed by atoms with Gasteiger partial charge in [-0.2, -0.15) is 39.5 Å². The summed E-state index contributed by atoms with van der Waals surface area (Å²) in [6, 6.07) is 0. The van der Waals surface area contributed by atoms with Gasteiger partial charge in [-0.15, -0.1) is 0 Å². The van der Waals surface area contributed by atoms with Gasteiger partial charge in [0.25, 0.3) is 16.1 Å². The molecule has 0 spiro atoms. The maximum atomic E-state index is 14.1. The standard InChI is InChI=1S/C14H17F12IO4/c1-7(31-8(28-2)29-3)6-30-5-4-9(15,16)13(23,27)11(19,20)10(17,18)12(21,22)14(24,25)26/h7-8H,4-6H2,1-3H3/t7-,13?/m1/s1. The van der Waals surface area contributed by atoms with Gasteiger partial charge in [0.05, 0.1) is 19.3 Å². The average molecular weight is 604 g/mol. The summed E-state index contributed by atoms with van der Waals surface area (Å²) >= 11 is -0.615. The summed E-state index contributed by atoms with van der Waals surface area (Å²) in [5, 5.41) is 0. The van der Waals surface area contributed by atoms with Crippen LogP contribution in [0.2, 0.25) is 0 Å². The molecule has 17 heteroatoms. The first kappa shape index (κ1) is 30.7. The molecule has 0 saturated heterocycles. The molecule has 0 aliphatic heterocycles. The first-order valence-electron chi connectivity index (χ1n) is 7.88. The predicted octanol–water partition coefficient (Wildman–Crippen LogP) is 5.58. The van der Waals surface area contributed by atoms with Crippen LogP contribution in [-0.4, -0.2) is 73.6 Å². The highest BCUT2D eigenvalue weighted by Gasteiger charge is 2.89. The van der Waals surface area contributed by atoms with Gasteiger partial charge in [0, 0.05) is 20.6 Å². The van der Waals surface area contributed by atoms with Crippen LogP contribution in [0.1, 0.15) is 13.3 Å². The summed E-state index contributed by atoms with van der Waals surface area (Å²) in [5.41, 5.74) is 0. The quantitative estimate of drug-likeness (QED) is 0.0906. The van der Waals surface area contributed by atoms with E-state index < -0.39 is 88.3 Å². The van der Waals surface area contributed by atoms with Crippen LogP contribution in [0, 0.1) is 0 Å².